The number of halogens is 4. The number of esters is 1. The molecule has 0 aliphatic carbocycles. The molecule has 20 heavy (non-hydrogen) atoms. The van der Waals surface area contributed by atoms with Gasteiger partial charge in [0.15, 0.2) is 0 Å². The van der Waals surface area contributed by atoms with E-state index in [1.165, 1.54) is 19.4 Å². The second-order valence-electron chi connectivity index (χ2n) is 3.77. The quantitative estimate of drug-likeness (QED) is 0.427. The van der Waals surface area contributed by atoms with Crippen LogP contribution in [0.5, 0.6) is 0 Å². The molecule has 0 fully saturated rings. The van der Waals surface area contributed by atoms with E-state index in [9.17, 15) is 4.79 Å². The number of aromatic nitrogens is 1. The first-order valence-corrected chi connectivity index (χ1v) is 6.84. The van der Waals surface area contributed by atoms with E-state index in [4.69, 9.17) is 46.4 Å². The minimum atomic E-state index is -0.598. The van der Waals surface area contributed by atoms with Crippen LogP contribution in [0, 0.1) is 0 Å². The molecule has 104 valence electrons. The SMILES string of the molecule is COC(=O)c1cc(-c2c(Cl)ccc(Cl)c2Cl)cnc1Cl. The summed E-state index contributed by atoms with van der Waals surface area (Å²) in [6, 6.07) is 4.70. The van der Waals surface area contributed by atoms with Crippen LogP contribution >= 0.6 is 46.4 Å². The standard InChI is InChI=1S/C13H7Cl4NO2/c1-20-13(19)7-4-6(5-18-12(7)17)10-8(14)2-3-9(15)11(10)16/h2-5H,1H3. The van der Waals surface area contributed by atoms with Gasteiger partial charge in [0.1, 0.15) is 5.15 Å². The zero-order valence-electron chi connectivity index (χ0n) is 10.1. The molecule has 0 aliphatic rings. The lowest BCUT2D eigenvalue weighted by Gasteiger charge is -2.10. The molecule has 0 unspecified atom stereocenters. The molecule has 0 radical (unpaired) electrons. The van der Waals surface area contributed by atoms with Gasteiger partial charge in [-0.2, -0.15) is 0 Å². The molecule has 7 heteroatoms. The fourth-order valence-corrected chi connectivity index (χ4v) is 2.56. The number of ether oxygens (including phenoxy) is 1. The fourth-order valence-electron chi connectivity index (χ4n) is 1.63. The van der Waals surface area contributed by atoms with Crippen LogP contribution in [0.4, 0.5) is 0 Å². The highest BCUT2D eigenvalue weighted by Gasteiger charge is 2.17. The Morgan fingerprint density at radius 2 is 1.80 bits per heavy atom. The molecule has 2 rings (SSSR count). The molecule has 0 amide bonds. The number of nitrogens with zero attached hydrogens (tertiary/aromatic N) is 1. The number of carbonyl (C=O) groups excluding carboxylic acids is 1. The van der Waals surface area contributed by atoms with Crippen LogP contribution in [0.2, 0.25) is 20.2 Å². The Kier molecular flexibility index (Phi) is 4.76. The van der Waals surface area contributed by atoms with E-state index >= 15 is 0 Å². The van der Waals surface area contributed by atoms with Gasteiger partial charge in [-0.1, -0.05) is 46.4 Å². The molecule has 0 bridgehead atoms. The van der Waals surface area contributed by atoms with Crippen molar-refractivity contribution in [2.45, 2.75) is 0 Å². The second-order valence-corrected chi connectivity index (χ2v) is 5.32. The third-order valence-corrected chi connectivity index (χ3v) is 4.00. The summed E-state index contributed by atoms with van der Waals surface area (Å²) >= 11 is 24.1. The summed E-state index contributed by atoms with van der Waals surface area (Å²) in [5.74, 6) is -0.598. The first-order valence-electron chi connectivity index (χ1n) is 5.33. The van der Waals surface area contributed by atoms with Gasteiger partial charge in [0.2, 0.25) is 0 Å². The Labute approximate surface area is 135 Å². The molecule has 1 aromatic heterocycles. The minimum absolute atomic E-state index is 0.0369. The number of hydrogen-bond acceptors (Lipinski definition) is 3. The maximum Gasteiger partial charge on any atom is 0.341 e. The predicted molar refractivity (Wildman–Crippen MR) is 81.1 cm³/mol. The van der Waals surface area contributed by atoms with E-state index in [0.717, 1.165) is 0 Å². The van der Waals surface area contributed by atoms with Crippen molar-refractivity contribution in [3.05, 3.63) is 50.2 Å². The topological polar surface area (TPSA) is 39.2 Å². The monoisotopic (exact) mass is 349 g/mol. The van der Waals surface area contributed by atoms with E-state index in [2.05, 4.69) is 9.72 Å². The lowest BCUT2D eigenvalue weighted by molar-refractivity contribution is 0.0600. The van der Waals surface area contributed by atoms with Gasteiger partial charge < -0.3 is 4.74 Å². The Balaban J connectivity index is 2.66. The molecule has 1 aromatic carbocycles. The molecule has 0 saturated heterocycles. The molecule has 1 heterocycles. The van der Waals surface area contributed by atoms with Crippen LogP contribution in [-0.4, -0.2) is 18.1 Å². The zero-order chi connectivity index (χ0) is 14.9. The van der Waals surface area contributed by atoms with E-state index in [1.807, 2.05) is 0 Å². The fraction of sp³-hybridized carbons (Fsp3) is 0.0769. The number of pyridine rings is 1. The predicted octanol–water partition coefficient (Wildman–Crippen LogP) is 5.15. The van der Waals surface area contributed by atoms with E-state index < -0.39 is 5.97 Å². The molecular weight excluding hydrogens is 344 g/mol. The molecule has 0 spiro atoms. The summed E-state index contributed by atoms with van der Waals surface area (Å²) in [6.07, 6.45) is 1.46. The average Bonchev–Trinajstić information content (AvgIpc) is 2.44. The largest absolute Gasteiger partial charge is 0.465 e. The van der Waals surface area contributed by atoms with Crippen LogP contribution in [0.15, 0.2) is 24.4 Å². The Bertz CT molecular complexity index is 688. The van der Waals surface area contributed by atoms with Gasteiger partial charge in [-0.25, -0.2) is 9.78 Å². The molecule has 2 aromatic rings. The van der Waals surface area contributed by atoms with Crippen LogP contribution in [-0.2, 0) is 4.74 Å². The van der Waals surface area contributed by atoms with Crippen molar-refractivity contribution in [1.29, 1.82) is 0 Å². The van der Waals surface area contributed by atoms with Gasteiger partial charge in [-0.3, -0.25) is 0 Å². The minimum Gasteiger partial charge on any atom is -0.465 e. The lowest BCUT2D eigenvalue weighted by Crippen LogP contribution is -2.03. The summed E-state index contributed by atoms with van der Waals surface area (Å²) < 4.78 is 4.64. The van der Waals surface area contributed by atoms with Crippen LogP contribution in [0.3, 0.4) is 0 Å². The highest BCUT2D eigenvalue weighted by Crippen LogP contribution is 2.39. The molecule has 0 saturated carbocycles. The second kappa shape index (κ2) is 6.19. The van der Waals surface area contributed by atoms with Crippen molar-refractivity contribution < 1.29 is 9.53 Å². The Hall–Kier alpha value is -1.000. The van der Waals surface area contributed by atoms with Crippen LogP contribution < -0.4 is 0 Å². The van der Waals surface area contributed by atoms with E-state index in [-0.39, 0.29) is 15.7 Å². The van der Waals surface area contributed by atoms with Gasteiger partial charge >= 0.3 is 5.97 Å². The van der Waals surface area contributed by atoms with Gasteiger partial charge in [0.25, 0.3) is 0 Å². The van der Waals surface area contributed by atoms with Crippen molar-refractivity contribution >= 4 is 52.4 Å². The van der Waals surface area contributed by atoms with Gasteiger partial charge in [-0.05, 0) is 18.2 Å². The lowest BCUT2D eigenvalue weighted by atomic mass is 10.1. The number of hydrogen-bond donors (Lipinski definition) is 0. The summed E-state index contributed by atoms with van der Waals surface area (Å²) in [4.78, 5) is 15.6. The summed E-state index contributed by atoms with van der Waals surface area (Å²) in [7, 11) is 1.25. The number of methoxy groups -OCH3 is 1. The van der Waals surface area contributed by atoms with Crippen LogP contribution in [0.1, 0.15) is 10.4 Å². The van der Waals surface area contributed by atoms with Crippen molar-refractivity contribution in [2.75, 3.05) is 7.11 Å². The van der Waals surface area contributed by atoms with Crippen LogP contribution in [0.25, 0.3) is 11.1 Å². The molecular formula is C13H7Cl4NO2. The van der Waals surface area contributed by atoms with E-state index in [0.29, 0.717) is 21.2 Å². The first-order chi connectivity index (χ1) is 9.45. The molecule has 0 aliphatic heterocycles. The van der Waals surface area contributed by atoms with Crippen molar-refractivity contribution in [3.63, 3.8) is 0 Å². The highest BCUT2D eigenvalue weighted by atomic mass is 35.5. The summed E-state index contributed by atoms with van der Waals surface area (Å²) in [6.45, 7) is 0. The highest BCUT2D eigenvalue weighted by molar-refractivity contribution is 6.46. The normalized spacial score (nSPS) is 10.4. The molecule has 0 N–H and O–H groups in total. The third kappa shape index (κ3) is 2.86. The van der Waals surface area contributed by atoms with Gasteiger partial charge in [-0.15, -0.1) is 0 Å². The first kappa shape index (κ1) is 15.4. The maximum atomic E-state index is 11.6. The van der Waals surface area contributed by atoms with E-state index in [1.54, 1.807) is 12.1 Å². The smallest absolute Gasteiger partial charge is 0.341 e. The van der Waals surface area contributed by atoms with Gasteiger partial charge in [0, 0.05) is 17.3 Å². The number of rotatable bonds is 2. The summed E-state index contributed by atoms with van der Waals surface area (Å²) in [5, 5.41) is 1.05. The third-order valence-electron chi connectivity index (χ3n) is 2.58. The maximum absolute atomic E-state index is 11.6. The Morgan fingerprint density at radius 3 is 2.45 bits per heavy atom. The summed E-state index contributed by atoms with van der Waals surface area (Å²) in [5.41, 5.74) is 1.13. The average molecular weight is 351 g/mol. The van der Waals surface area contributed by atoms with Crippen molar-refractivity contribution in [3.8, 4) is 11.1 Å². The Morgan fingerprint density at radius 1 is 1.15 bits per heavy atom. The molecule has 0 atom stereocenters. The molecule has 3 nitrogen and oxygen atoms in total. The van der Waals surface area contributed by atoms with Crippen molar-refractivity contribution in [2.24, 2.45) is 0 Å². The number of benzene rings is 1. The zero-order valence-corrected chi connectivity index (χ0v) is 13.1. The van der Waals surface area contributed by atoms with Crippen molar-refractivity contribution in [1.82, 2.24) is 4.98 Å². The van der Waals surface area contributed by atoms with Gasteiger partial charge in [0.05, 0.1) is 27.7 Å². The number of carbonyl (C=O) groups is 1.